The molecule has 0 spiro atoms. The first-order valence-electron chi connectivity index (χ1n) is 7.69. The number of amides is 1. The van der Waals surface area contributed by atoms with Crippen LogP contribution in [-0.2, 0) is 11.2 Å². The molecule has 4 nitrogen and oxygen atoms in total. The largest absolute Gasteiger partial charge is 0.505 e. The summed E-state index contributed by atoms with van der Waals surface area (Å²) in [6.07, 6.45) is 2.68. The van der Waals surface area contributed by atoms with Gasteiger partial charge in [0.05, 0.1) is 15.0 Å². The fraction of sp³-hybridized carbons (Fsp3) is 0.167. The summed E-state index contributed by atoms with van der Waals surface area (Å²) < 4.78 is 0. The van der Waals surface area contributed by atoms with Crippen LogP contribution < -0.4 is 10.6 Å². The number of thioether (sulfide) groups is 1. The summed E-state index contributed by atoms with van der Waals surface area (Å²) >= 11 is 13.2. The summed E-state index contributed by atoms with van der Waals surface area (Å²) in [5, 5.41) is 16.0. The lowest BCUT2D eigenvalue weighted by atomic mass is 10.1. The van der Waals surface area contributed by atoms with Crippen molar-refractivity contribution < 1.29 is 9.90 Å². The Morgan fingerprint density at radius 3 is 2.48 bits per heavy atom. The Morgan fingerprint density at radius 2 is 1.88 bits per heavy atom. The van der Waals surface area contributed by atoms with Gasteiger partial charge in [-0.1, -0.05) is 54.0 Å². The Kier molecular flexibility index (Phi) is 5.47. The molecule has 2 aromatic rings. The van der Waals surface area contributed by atoms with Crippen LogP contribution in [0.2, 0.25) is 10.0 Å². The van der Waals surface area contributed by atoms with E-state index in [0.717, 1.165) is 12.1 Å². The monoisotopic (exact) mass is 394 g/mol. The Hall–Kier alpha value is -1.82. The average molecular weight is 395 g/mol. The van der Waals surface area contributed by atoms with Gasteiger partial charge in [-0.2, -0.15) is 0 Å². The number of hydrogen-bond donors (Lipinski definition) is 3. The summed E-state index contributed by atoms with van der Waals surface area (Å²) in [4.78, 5) is 12.7. The van der Waals surface area contributed by atoms with E-state index in [9.17, 15) is 9.90 Å². The summed E-state index contributed by atoms with van der Waals surface area (Å²) in [6.45, 7) is 2.11. The molecule has 0 aliphatic carbocycles. The van der Waals surface area contributed by atoms with Crippen molar-refractivity contribution in [2.75, 3.05) is 5.32 Å². The SMILES string of the molecule is CCc1ccc(NC2NC(=O)/C(=C/c3cc(Cl)c(O)c(Cl)c3)S2)cc1. The van der Waals surface area contributed by atoms with Crippen molar-refractivity contribution >= 4 is 52.6 Å². The second-order valence-corrected chi connectivity index (χ2v) is 7.47. The maximum atomic E-state index is 12.2. The smallest absolute Gasteiger partial charge is 0.260 e. The number of nitrogens with one attached hydrogen (secondary N) is 2. The third-order valence-corrected chi connectivity index (χ3v) is 5.33. The van der Waals surface area contributed by atoms with Gasteiger partial charge in [-0.25, -0.2) is 0 Å². The van der Waals surface area contributed by atoms with E-state index in [4.69, 9.17) is 23.2 Å². The van der Waals surface area contributed by atoms with Crippen LogP contribution in [0.5, 0.6) is 5.75 Å². The van der Waals surface area contributed by atoms with Gasteiger partial charge in [-0.3, -0.25) is 4.79 Å². The van der Waals surface area contributed by atoms with E-state index < -0.39 is 0 Å². The van der Waals surface area contributed by atoms with Crippen molar-refractivity contribution in [3.05, 3.63) is 62.5 Å². The number of carbonyl (C=O) groups is 1. The average Bonchev–Trinajstić information content (AvgIpc) is 2.92. The zero-order chi connectivity index (χ0) is 18.0. The number of aryl methyl sites for hydroxylation is 1. The second-order valence-electron chi connectivity index (χ2n) is 5.51. The highest BCUT2D eigenvalue weighted by Crippen LogP contribution is 2.35. The molecule has 1 fully saturated rings. The third-order valence-electron chi connectivity index (χ3n) is 3.73. The van der Waals surface area contributed by atoms with E-state index in [1.54, 1.807) is 18.2 Å². The minimum atomic E-state index is -0.255. The normalized spacial score (nSPS) is 18.4. The lowest BCUT2D eigenvalue weighted by molar-refractivity contribution is -0.116. The van der Waals surface area contributed by atoms with Crippen molar-refractivity contribution in [2.45, 2.75) is 18.8 Å². The molecule has 1 aliphatic heterocycles. The van der Waals surface area contributed by atoms with Gasteiger partial charge in [-0.05, 0) is 47.9 Å². The number of carbonyl (C=O) groups excluding carboxylic acids is 1. The Morgan fingerprint density at radius 1 is 1.24 bits per heavy atom. The molecule has 1 unspecified atom stereocenters. The highest BCUT2D eigenvalue weighted by atomic mass is 35.5. The van der Waals surface area contributed by atoms with Gasteiger partial charge in [0.25, 0.3) is 5.91 Å². The number of hydrogen-bond acceptors (Lipinski definition) is 4. The Labute approximate surface area is 160 Å². The fourth-order valence-electron chi connectivity index (χ4n) is 2.37. The lowest BCUT2D eigenvalue weighted by Gasteiger charge is -2.12. The quantitative estimate of drug-likeness (QED) is 0.647. The first kappa shape index (κ1) is 18.0. The number of phenols is 1. The molecule has 1 saturated heterocycles. The van der Waals surface area contributed by atoms with Crippen LogP contribution in [0.25, 0.3) is 6.08 Å². The molecule has 2 aromatic carbocycles. The number of halogens is 2. The van der Waals surface area contributed by atoms with Gasteiger partial charge in [0.1, 0.15) is 0 Å². The van der Waals surface area contributed by atoms with E-state index >= 15 is 0 Å². The molecule has 0 aromatic heterocycles. The summed E-state index contributed by atoms with van der Waals surface area (Å²) in [5.74, 6) is -0.336. The second kappa shape index (κ2) is 7.60. The Balaban J connectivity index is 1.73. The highest BCUT2D eigenvalue weighted by molar-refractivity contribution is 8.05. The minimum Gasteiger partial charge on any atom is -0.505 e. The maximum Gasteiger partial charge on any atom is 0.260 e. The van der Waals surface area contributed by atoms with Crippen molar-refractivity contribution in [3.63, 3.8) is 0 Å². The Bertz CT molecular complexity index is 814. The van der Waals surface area contributed by atoms with Gasteiger partial charge in [0.2, 0.25) is 0 Å². The fourth-order valence-corrected chi connectivity index (χ4v) is 3.86. The van der Waals surface area contributed by atoms with E-state index in [1.807, 2.05) is 12.1 Å². The van der Waals surface area contributed by atoms with Crippen LogP contribution in [0, 0.1) is 0 Å². The molecule has 1 heterocycles. The standard InChI is InChI=1S/C18H16Cl2N2O2S/c1-2-10-3-5-12(6-4-10)21-18-22-17(24)15(25-18)9-11-7-13(19)16(23)14(20)8-11/h3-9,18,21,23H,2H2,1H3,(H,22,24)/b15-9-. The molecule has 7 heteroatoms. The van der Waals surface area contributed by atoms with Crippen LogP contribution in [0.4, 0.5) is 5.69 Å². The van der Waals surface area contributed by atoms with E-state index in [-0.39, 0.29) is 27.2 Å². The van der Waals surface area contributed by atoms with Crippen LogP contribution in [0.3, 0.4) is 0 Å². The summed E-state index contributed by atoms with van der Waals surface area (Å²) in [5.41, 5.74) is 2.59. The van der Waals surface area contributed by atoms with Gasteiger partial charge < -0.3 is 15.7 Å². The van der Waals surface area contributed by atoms with Crippen molar-refractivity contribution in [3.8, 4) is 5.75 Å². The molecule has 3 rings (SSSR count). The van der Waals surface area contributed by atoms with E-state index in [0.29, 0.717) is 10.5 Å². The molecule has 25 heavy (non-hydrogen) atoms. The van der Waals surface area contributed by atoms with E-state index in [2.05, 4.69) is 29.7 Å². The van der Waals surface area contributed by atoms with Crippen LogP contribution in [-0.4, -0.2) is 16.5 Å². The number of rotatable bonds is 4. The van der Waals surface area contributed by atoms with Crippen molar-refractivity contribution in [1.29, 1.82) is 0 Å². The minimum absolute atomic E-state index is 0.147. The first-order chi connectivity index (χ1) is 12.0. The number of aromatic hydroxyl groups is 1. The van der Waals surface area contributed by atoms with E-state index in [1.165, 1.54) is 17.3 Å². The van der Waals surface area contributed by atoms with Crippen LogP contribution in [0.1, 0.15) is 18.1 Å². The zero-order valence-electron chi connectivity index (χ0n) is 13.3. The van der Waals surface area contributed by atoms with Gasteiger partial charge in [0.15, 0.2) is 11.2 Å². The number of benzene rings is 2. The molecule has 0 saturated carbocycles. The molecule has 1 amide bonds. The summed E-state index contributed by atoms with van der Waals surface area (Å²) in [6, 6.07) is 11.2. The molecule has 1 atom stereocenters. The predicted octanol–water partition coefficient (Wildman–Crippen LogP) is 4.86. The molecule has 3 N–H and O–H groups in total. The van der Waals surface area contributed by atoms with Gasteiger partial charge >= 0.3 is 0 Å². The maximum absolute atomic E-state index is 12.2. The predicted molar refractivity (Wildman–Crippen MR) is 105 cm³/mol. The molecular formula is C18H16Cl2N2O2S. The van der Waals surface area contributed by atoms with Gasteiger partial charge in [0, 0.05) is 5.69 Å². The van der Waals surface area contributed by atoms with Crippen molar-refractivity contribution in [1.82, 2.24) is 5.32 Å². The number of phenolic OH excluding ortho intramolecular Hbond substituents is 1. The molecule has 130 valence electrons. The first-order valence-corrected chi connectivity index (χ1v) is 9.32. The zero-order valence-corrected chi connectivity index (χ0v) is 15.7. The lowest BCUT2D eigenvalue weighted by Crippen LogP contribution is -2.30. The third kappa shape index (κ3) is 4.24. The highest BCUT2D eigenvalue weighted by Gasteiger charge is 2.27. The molecular weight excluding hydrogens is 379 g/mol. The molecule has 1 aliphatic rings. The van der Waals surface area contributed by atoms with Crippen molar-refractivity contribution in [2.24, 2.45) is 0 Å². The summed E-state index contributed by atoms with van der Waals surface area (Å²) in [7, 11) is 0. The van der Waals surface area contributed by atoms with Crippen LogP contribution >= 0.6 is 35.0 Å². The topological polar surface area (TPSA) is 61.4 Å². The molecule has 0 radical (unpaired) electrons. The van der Waals surface area contributed by atoms with Gasteiger partial charge in [-0.15, -0.1) is 0 Å². The molecule has 0 bridgehead atoms. The number of anilines is 1. The van der Waals surface area contributed by atoms with Crippen LogP contribution in [0.15, 0.2) is 41.3 Å².